The van der Waals surface area contributed by atoms with Crippen LogP contribution in [-0.2, 0) is 11.2 Å². The quantitative estimate of drug-likeness (QED) is 0.527. The van der Waals surface area contributed by atoms with Gasteiger partial charge in [-0.3, -0.25) is 14.4 Å². The number of halogens is 1. The molecule has 0 unspecified atom stereocenters. The molecule has 7 heteroatoms. The number of nitrogens with one attached hydrogen (secondary N) is 2. The molecule has 0 radical (unpaired) electrons. The fraction of sp³-hybridized carbons (Fsp3) is 0.0455. The van der Waals surface area contributed by atoms with Gasteiger partial charge in [0.05, 0.1) is 23.2 Å². The van der Waals surface area contributed by atoms with E-state index in [0.717, 1.165) is 5.56 Å². The van der Waals surface area contributed by atoms with Crippen molar-refractivity contribution in [2.45, 2.75) is 6.42 Å². The van der Waals surface area contributed by atoms with Crippen LogP contribution in [0.3, 0.4) is 0 Å². The molecule has 0 saturated carbocycles. The maximum Gasteiger partial charge on any atom is 0.257 e. The van der Waals surface area contributed by atoms with Crippen LogP contribution in [0, 0.1) is 0 Å². The predicted molar refractivity (Wildman–Crippen MR) is 116 cm³/mol. The molecule has 29 heavy (non-hydrogen) atoms. The van der Waals surface area contributed by atoms with Gasteiger partial charge >= 0.3 is 0 Å². The third-order valence-corrected chi connectivity index (χ3v) is 4.82. The molecule has 6 nitrogen and oxygen atoms in total. The summed E-state index contributed by atoms with van der Waals surface area (Å²) in [5.74, 6) is -1.11. The number of carbonyl (C=O) groups excluding carboxylic acids is 3. The zero-order valence-electron chi connectivity index (χ0n) is 15.3. The van der Waals surface area contributed by atoms with Gasteiger partial charge in [0.1, 0.15) is 0 Å². The second kappa shape index (κ2) is 9.16. The van der Waals surface area contributed by atoms with E-state index in [4.69, 9.17) is 5.73 Å². The summed E-state index contributed by atoms with van der Waals surface area (Å²) < 4.78 is 0.662. The number of anilines is 2. The third-order valence-electron chi connectivity index (χ3n) is 4.13. The highest BCUT2D eigenvalue weighted by atomic mass is 79.9. The molecular formula is C22H18BrN3O3. The molecule has 0 saturated heterocycles. The van der Waals surface area contributed by atoms with Crippen LogP contribution in [0.5, 0.6) is 0 Å². The van der Waals surface area contributed by atoms with Crippen molar-refractivity contribution in [3.05, 3.63) is 94.0 Å². The van der Waals surface area contributed by atoms with E-state index in [9.17, 15) is 14.4 Å². The van der Waals surface area contributed by atoms with Crippen molar-refractivity contribution in [1.29, 1.82) is 0 Å². The topological polar surface area (TPSA) is 101 Å². The minimum atomic E-state index is -0.420. The summed E-state index contributed by atoms with van der Waals surface area (Å²) in [5, 5.41) is 5.57. The van der Waals surface area contributed by atoms with Crippen molar-refractivity contribution >= 4 is 45.0 Å². The van der Waals surface area contributed by atoms with Gasteiger partial charge in [0.2, 0.25) is 5.91 Å². The van der Waals surface area contributed by atoms with Crippen molar-refractivity contribution in [3.8, 4) is 0 Å². The van der Waals surface area contributed by atoms with Gasteiger partial charge in [0, 0.05) is 10.2 Å². The average Bonchev–Trinajstić information content (AvgIpc) is 2.69. The van der Waals surface area contributed by atoms with Gasteiger partial charge < -0.3 is 16.4 Å². The van der Waals surface area contributed by atoms with Crippen LogP contribution in [-0.4, -0.2) is 17.7 Å². The van der Waals surface area contributed by atoms with Gasteiger partial charge in [-0.1, -0.05) is 36.4 Å². The number of benzene rings is 3. The zero-order chi connectivity index (χ0) is 20.8. The Kier molecular flexibility index (Phi) is 6.41. The van der Waals surface area contributed by atoms with E-state index >= 15 is 0 Å². The summed E-state index contributed by atoms with van der Waals surface area (Å²) in [4.78, 5) is 36.3. The Bertz CT molecular complexity index is 1060. The average molecular weight is 452 g/mol. The lowest BCUT2D eigenvalue weighted by Gasteiger charge is -2.12. The molecule has 0 atom stereocenters. The molecule has 0 fully saturated rings. The molecule has 3 rings (SSSR count). The van der Waals surface area contributed by atoms with Gasteiger partial charge in [-0.15, -0.1) is 0 Å². The fourth-order valence-corrected chi connectivity index (χ4v) is 3.20. The molecule has 0 aliphatic heterocycles. The number of para-hydroxylation sites is 1. The van der Waals surface area contributed by atoms with Crippen molar-refractivity contribution in [2.75, 3.05) is 10.6 Å². The number of amides is 3. The summed E-state index contributed by atoms with van der Waals surface area (Å²) in [6.07, 6.45) is 0.137. The number of primary amides is 1. The highest BCUT2D eigenvalue weighted by Crippen LogP contribution is 2.21. The Morgan fingerprint density at radius 3 is 2.00 bits per heavy atom. The maximum absolute atomic E-state index is 12.7. The van der Waals surface area contributed by atoms with Crippen LogP contribution in [0.15, 0.2) is 77.3 Å². The van der Waals surface area contributed by atoms with Crippen molar-refractivity contribution in [1.82, 2.24) is 0 Å². The van der Waals surface area contributed by atoms with Crippen LogP contribution in [0.1, 0.15) is 26.3 Å². The minimum absolute atomic E-state index is 0.137. The first-order valence-electron chi connectivity index (χ1n) is 8.77. The second-order valence-corrected chi connectivity index (χ2v) is 7.13. The summed E-state index contributed by atoms with van der Waals surface area (Å²) in [6, 6.07) is 20.6. The molecule has 0 bridgehead atoms. The van der Waals surface area contributed by atoms with E-state index in [1.807, 2.05) is 6.07 Å². The molecule has 3 aromatic rings. The summed E-state index contributed by atoms with van der Waals surface area (Å²) in [7, 11) is 0. The van der Waals surface area contributed by atoms with E-state index < -0.39 is 5.91 Å². The third kappa shape index (κ3) is 5.30. The molecule has 146 valence electrons. The maximum atomic E-state index is 12.7. The number of hydrogen-bond acceptors (Lipinski definition) is 3. The molecule has 0 heterocycles. The number of rotatable bonds is 6. The summed E-state index contributed by atoms with van der Waals surface area (Å²) in [5.41, 5.74) is 7.70. The Hall–Kier alpha value is -3.45. The van der Waals surface area contributed by atoms with Gasteiger partial charge in [0.25, 0.3) is 11.8 Å². The lowest BCUT2D eigenvalue weighted by Crippen LogP contribution is -2.18. The molecule has 0 aromatic heterocycles. The molecular weight excluding hydrogens is 434 g/mol. The number of carbonyl (C=O) groups is 3. The van der Waals surface area contributed by atoms with Gasteiger partial charge in [-0.25, -0.2) is 0 Å². The number of hydrogen-bond donors (Lipinski definition) is 3. The van der Waals surface area contributed by atoms with Gasteiger partial charge in [-0.05, 0) is 57.9 Å². The lowest BCUT2D eigenvalue weighted by molar-refractivity contribution is -0.117. The van der Waals surface area contributed by atoms with Crippen molar-refractivity contribution < 1.29 is 14.4 Å². The SMILES string of the molecule is NC(=O)Cc1ccc(NC(=O)c2ccccc2NC(=O)c2ccccc2Br)cc1. The first-order valence-corrected chi connectivity index (χ1v) is 9.57. The van der Waals surface area contributed by atoms with Crippen LogP contribution < -0.4 is 16.4 Å². The van der Waals surface area contributed by atoms with Crippen molar-refractivity contribution in [2.24, 2.45) is 5.73 Å². The van der Waals surface area contributed by atoms with E-state index in [-0.39, 0.29) is 18.2 Å². The van der Waals surface area contributed by atoms with E-state index in [2.05, 4.69) is 26.6 Å². The van der Waals surface area contributed by atoms with Crippen LogP contribution in [0.2, 0.25) is 0 Å². The Labute approximate surface area is 176 Å². The molecule has 4 N–H and O–H groups in total. The lowest BCUT2D eigenvalue weighted by atomic mass is 10.1. The van der Waals surface area contributed by atoms with Crippen LogP contribution in [0.25, 0.3) is 0 Å². The first-order chi connectivity index (χ1) is 13.9. The standard InChI is InChI=1S/C22H18BrN3O3/c23-18-7-3-1-5-16(18)21(28)26-19-8-4-2-6-17(19)22(29)25-15-11-9-14(10-12-15)13-20(24)27/h1-12H,13H2,(H2,24,27)(H,25,29)(H,26,28). The predicted octanol–water partition coefficient (Wildman–Crippen LogP) is 3.98. The fourth-order valence-electron chi connectivity index (χ4n) is 2.73. The Morgan fingerprint density at radius 1 is 0.759 bits per heavy atom. The highest BCUT2D eigenvalue weighted by Gasteiger charge is 2.15. The Morgan fingerprint density at radius 2 is 1.34 bits per heavy atom. The summed E-state index contributed by atoms with van der Waals surface area (Å²) >= 11 is 3.35. The van der Waals surface area contributed by atoms with Crippen molar-refractivity contribution in [3.63, 3.8) is 0 Å². The molecule has 3 aromatic carbocycles. The van der Waals surface area contributed by atoms with E-state index in [0.29, 0.717) is 27.0 Å². The van der Waals surface area contributed by atoms with Crippen LogP contribution in [0.4, 0.5) is 11.4 Å². The zero-order valence-corrected chi connectivity index (χ0v) is 16.9. The van der Waals surface area contributed by atoms with Crippen LogP contribution >= 0.6 is 15.9 Å². The van der Waals surface area contributed by atoms with E-state index in [1.54, 1.807) is 66.7 Å². The van der Waals surface area contributed by atoms with E-state index in [1.165, 1.54) is 0 Å². The molecule has 0 aliphatic carbocycles. The molecule has 3 amide bonds. The molecule has 0 spiro atoms. The highest BCUT2D eigenvalue weighted by molar-refractivity contribution is 9.10. The van der Waals surface area contributed by atoms with Gasteiger partial charge in [0.15, 0.2) is 0 Å². The second-order valence-electron chi connectivity index (χ2n) is 6.27. The molecule has 0 aliphatic rings. The Balaban J connectivity index is 1.76. The monoisotopic (exact) mass is 451 g/mol. The van der Waals surface area contributed by atoms with Gasteiger partial charge in [-0.2, -0.15) is 0 Å². The minimum Gasteiger partial charge on any atom is -0.369 e. The smallest absolute Gasteiger partial charge is 0.257 e. The number of nitrogens with two attached hydrogens (primary N) is 1. The first kappa shape index (κ1) is 20.3. The largest absolute Gasteiger partial charge is 0.369 e. The normalized spacial score (nSPS) is 10.2. The summed E-state index contributed by atoms with van der Waals surface area (Å²) in [6.45, 7) is 0.